The fraction of sp³-hybridized carbons (Fsp3) is 0.545. The largest absolute Gasteiger partial charge is 0.378 e. The van der Waals surface area contributed by atoms with Crippen LogP contribution in [0.15, 0.2) is 24.3 Å². The zero-order chi connectivity index (χ0) is 19.8. The number of hydrogen-bond donors (Lipinski definition) is 0. The first kappa shape index (κ1) is 18.9. The summed E-state index contributed by atoms with van der Waals surface area (Å²) in [5, 5.41) is 0. The number of rotatable bonds is 3. The lowest BCUT2D eigenvalue weighted by Crippen LogP contribution is -2.42. The normalized spacial score (nSPS) is 24.8. The number of fused-ring (bicyclic) bond motifs is 2. The second-order valence-corrected chi connectivity index (χ2v) is 8.36. The van der Waals surface area contributed by atoms with E-state index >= 15 is 0 Å². The number of likely N-dealkylation sites (tertiary alicyclic amines) is 1. The van der Waals surface area contributed by atoms with Crippen LogP contribution in [0.3, 0.4) is 0 Å². The van der Waals surface area contributed by atoms with E-state index < -0.39 is 0 Å². The van der Waals surface area contributed by atoms with E-state index in [9.17, 15) is 4.39 Å². The minimum absolute atomic E-state index is 0.137. The molecule has 0 bridgehead atoms. The Kier molecular flexibility index (Phi) is 4.97. The van der Waals surface area contributed by atoms with Gasteiger partial charge in [0, 0.05) is 43.0 Å². The van der Waals surface area contributed by atoms with Crippen LogP contribution < -0.4 is 4.90 Å². The fourth-order valence-electron chi connectivity index (χ4n) is 4.79. The van der Waals surface area contributed by atoms with Crippen LogP contribution in [-0.4, -0.2) is 60.9 Å². The van der Waals surface area contributed by atoms with Gasteiger partial charge in [0.15, 0.2) is 0 Å². The predicted molar refractivity (Wildman–Crippen MR) is 107 cm³/mol. The summed E-state index contributed by atoms with van der Waals surface area (Å²) in [6.45, 7) is 8.70. The van der Waals surface area contributed by atoms with Gasteiger partial charge in [-0.3, -0.25) is 4.90 Å². The highest BCUT2D eigenvalue weighted by molar-refractivity contribution is 5.42. The zero-order valence-electron chi connectivity index (χ0n) is 16.9. The highest BCUT2D eigenvalue weighted by atomic mass is 19.1. The Morgan fingerprint density at radius 1 is 1.10 bits per heavy atom. The number of ether oxygens (including phenoxy) is 2. The van der Waals surface area contributed by atoms with E-state index in [0.717, 1.165) is 61.1 Å². The Labute approximate surface area is 170 Å². The number of nitrogens with zero attached hydrogens (tertiary/aromatic N) is 4. The maximum Gasteiger partial charge on any atom is 0.225 e. The second kappa shape index (κ2) is 7.63. The number of aromatic nitrogens is 2. The summed E-state index contributed by atoms with van der Waals surface area (Å²) < 4.78 is 25.6. The van der Waals surface area contributed by atoms with Gasteiger partial charge in [-0.05, 0) is 26.0 Å². The molecule has 0 N–H and O–H groups in total. The topological polar surface area (TPSA) is 50.7 Å². The lowest BCUT2D eigenvalue weighted by Gasteiger charge is -2.36. The van der Waals surface area contributed by atoms with Gasteiger partial charge in [-0.2, -0.15) is 0 Å². The summed E-state index contributed by atoms with van der Waals surface area (Å²) in [5.74, 6) is 0.667. The third kappa shape index (κ3) is 3.52. The summed E-state index contributed by atoms with van der Waals surface area (Å²) >= 11 is 0. The zero-order valence-corrected chi connectivity index (χ0v) is 16.9. The Balaban J connectivity index is 1.44. The second-order valence-electron chi connectivity index (χ2n) is 8.36. The van der Waals surface area contributed by atoms with Crippen molar-refractivity contribution >= 4 is 5.95 Å². The van der Waals surface area contributed by atoms with Crippen molar-refractivity contribution in [1.82, 2.24) is 14.9 Å². The molecule has 154 valence electrons. The molecular weight excluding hydrogens is 371 g/mol. The van der Waals surface area contributed by atoms with Crippen molar-refractivity contribution in [3.63, 3.8) is 0 Å². The maximum atomic E-state index is 14.1. The Morgan fingerprint density at radius 2 is 1.93 bits per heavy atom. The van der Waals surface area contributed by atoms with Gasteiger partial charge < -0.3 is 14.4 Å². The minimum atomic E-state index is -0.145. The van der Waals surface area contributed by atoms with Crippen molar-refractivity contribution in [2.45, 2.75) is 31.9 Å². The molecule has 0 saturated carbocycles. The number of hydrogen-bond acceptors (Lipinski definition) is 6. The Bertz CT molecular complexity index is 902. The molecule has 2 aromatic rings. The average Bonchev–Trinajstić information content (AvgIpc) is 3.14. The number of anilines is 1. The molecule has 2 fully saturated rings. The lowest BCUT2D eigenvalue weighted by atomic mass is 9.80. The van der Waals surface area contributed by atoms with Gasteiger partial charge in [0.25, 0.3) is 0 Å². The predicted octanol–water partition coefficient (Wildman–Crippen LogP) is 2.43. The molecule has 1 atom stereocenters. The average molecular weight is 398 g/mol. The fourth-order valence-corrected chi connectivity index (χ4v) is 4.79. The summed E-state index contributed by atoms with van der Waals surface area (Å²) in [4.78, 5) is 14.4. The molecule has 1 spiro atoms. The third-order valence-corrected chi connectivity index (χ3v) is 6.41. The standard InChI is InChI=1S/C22H27FN4O2/c1-16-18-13-29-15-22(20(18)25-21(24-16)27-8-10-28-11-9-27)6-7-26(14-22)12-17-4-2-3-5-19(17)23/h2-5H,6-15H2,1H3. The molecule has 6 nitrogen and oxygen atoms in total. The lowest BCUT2D eigenvalue weighted by molar-refractivity contribution is 0.0496. The highest BCUT2D eigenvalue weighted by Crippen LogP contribution is 2.41. The summed E-state index contributed by atoms with van der Waals surface area (Å²) in [5.41, 5.74) is 3.86. The van der Waals surface area contributed by atoms with Gasteiger partial charge in [0.2, 0.25) is 5.95 Å². The van der Waals surface area contributed by atoms with E-state index in [0.29, 0.717) is 33.0 Å². The first-order valence-corrected chi connectivity index (χ1v) is 10.4. The Hall–Kier alpha value is -2.09. The van der Waals surface area contributed by atoms with Gasteiger partial charge in [-0.1, -0.05) is 18.2 Å². The molecular formula is C22H27FN4O2. The number of halogens is 1. The molecule has 1 aromatic heterocycles. The van der Waals surface area contributed by atoms with Crippen LogP contribution in [0.2, 0.25) is 0 Å². The van der Waals surface area contributed by atoms with E-state index in [1.165, 1.54) is 6.07 Å². The minimum Gasteiger partial charge on any atom is -0.378 e. The van der Waals surface area contributed by atoms with Crippen molar-refractivity contribution in [2.24, 2.45) is 0 Å². The smallest absolute Gasteiger partial charge is 0.225 e. The molecule has 5 rings (SSSR count). The van der Waals surface area contributed by atoms with Crippen LogP contribution in [-0.2, 0) is 28.0 Å². The molecule has 3 aliphatic heterocycles. The van der Waals surface area contributed by atoms with Crippen LogP contribution >= 0.6 is 0 Å². The molecule has 1 aromatic carbocycles. The van der Waals surface area contributed by atoms with E-state index in [1.807, 2.05) is 12.1 Å². The molecule has 29 heavy (non-hydrogen) atoms. The molecule has 2 saturated heterocycles. The monoisotopic (exact) mass is 398 g/mol. The summed E-state index contributed by atoms with van der Waals surface area (Å²) in [6, 6.07) is 7.04. The third-order valence-electron chi connectivity index (χ3n) is 6.41. The molecule has 0 amide bonds. The Morgan fingerprint density at radius 3 is 2.76 bits per heavy atom. The van der Waals surface area contributed by atoms with Gasteiger partial charge in [-0.15, -0.1) is 0 Å². The van der Waals surface area contributed by atoms with Gasteiger partial charge in [-0.25, -0.2) is 14.4 Å². The van der Waals surface area contributed by atoms with Crippen molar-refractivity contribution < 1.29 is 13.9 Å². The van der Waals surface area contributed by atoms with E-state index in [1.54, 1.807) is 6.07 Å². The maximum absolute atomic E-state index is 14.1. The molecule has 4 heterocycles. The van der Waals surface area contributed by atoms with Crippen LogP contribution in [0.5, 0.6) is 0 Å². The summed E-state index contributed by atoms with van der Waals surface area (Å²) in [7, 11) is 0. The van der Waals surface area contributed by atoms with Crippen molar-refractivity contribution in [3.05, 3.63) is 52.6 Å². The van der Waals surface area contributed by atoms with E-state index in [-0.39, 0.29) is 11.2 Å². The molecule has 0 aliphatic carbocycles. The molecule has 3 aliphatic rings. The molecule has 0 radical (unpaired) electrons. The quantitative estimate of drug-likeness (QED) is 0.792. The number of benzene rings is 1. The van der Waals surface area contributed by atoms with Crippen molar-refractivity contribution in [1.29, 1.82) is 0 Å². The van der Waals surface area contributed by atoms with Crippen LogP contribution in [0, 0.1) is 12.7 Å². The number of morpholine rings is 1. The highest BCUT2D eigenvalue weighted by Gasteiger charge is 2.45. The van der Waals surface area contributed by atoms with Crippen LogP contribution in [0.25, 0.3) is 0 Å². The van der Waals surface area contributed by atoms with E-state index in [2.05, 4.69) is 16.7 Å². The van der Waals surface area contributed by atoms with Gasteiger partial charge in [0.1, 0.15) is 5.82 Å². The van der Waals surface area contributed by atoms with Gasteiger partial charge in [0.05, 0.1) is 37.5 Å². The first-order chi connectivity index (χ1) is 14.1. The molecule has 7 heteroatoms. The first-order valence-electron chi connectivity index (χ1n) is 10.4. The SMILES string of the molecule is Cc1nc(N2CCOCC2)nc2c1COCC21CCN(Cc2ccccc2F)C1. The van der Waals surface area contributed by atoms with Crippen molar-refractivity contribution in [3.8, 4) is 0 Å². The van der Waals surface area contributed by atoms with E-state index in [4.69, 9.17) is 19.4 Å². The number of aryl methyl sites for hydroxylation is 1. The van der Waals surface area contributed by atoms with Crippen molar-refractivity contribution in [2.75, 3.05) is 50.9 Å². The van der Waals surface area contributed by atoms with Crippen LogP contribution in [0.4, 0.5) is 10.3 Å². The van der Waals surface area contributed by atoms with Crippen LogP contribution in [0.1, 0.15) is 28.9 Å². The molecule has 1 unspecified atom stereocenters. The van der Waals surface area contributed by atoms with Gasteiger partial charge >= 0.3 is 0 Å². The summed E-state index contributed by atoms with van der Waals surface area (Å²) in [6.07, 6.45) is 0.966.